The molecule has 1 amide bonds. The van der Waals surface area contributed by atoms with Crippen molar-refractivity contribution in [1.29, 1.82) is 0 Å². The zero-order valence-corrected chi connectivity index (χ0v) is 22.0. The second-order valence-electron chi connectivity index (χ2n) is 8.96. The molecule has 4 rings (SSSR count). The Morgan fingerprint density at radius 1 is 1.06 bits per heavy atom. The summed E-state index contributed by atoms with van der Waals surface area (Å²) in [5.74, 6) is 2.04. The van der Waals surface area contributed by atoms with E-state index >= 15 is 0 Å². The highest BCUT2D eigenvalue weighted by Gasteiger charge is 2.25. The monoisotopic (exact) mass is 565 g/mol. The second-order valence-corrected chi connectivity index (χ2v) is 8.96. The molecule has 7 nitrogen and oxygen atoms in total. The molecule has 1 unspecified atom stereocenters. The molecule has 2 saturated heterocycles. The van der Waals surface area contributed by atoms with E-state index in [1.54, 1.807) is 12.1 Å². The molecule has 33 heavy (non-hydrogen) atoms. The average molecular weight is 566 g/mol. The Bertz CT molecular complexity index is 892. The van der Waals surface area contributed by atoms with Crippen LogP contribution in [0.3, 0.4) is 0 Å². The fraction of sp³-hybridized carbons (Fsp3) is 0.520. The number of likely N-dealkylation sites (tertiary alicyclic amines) is 1. The molecule has 2 fully saturated rings. The minimum atomic E-state index is -0.0447. The van der Waals surface area contributed by atoms with Crippen molar-refractivity contribution in [3.05, 3.63) is 59.5 Å². The standard InChI is InChI=1S/C25H35N5O2.HI/c1-20-5-3-11-28(18-20)19-22-9-7-21(8-10-22)17-27-25(26-2)30-14-12-29(13-15-30)24(31)23-6-4-16-32-23;/h4,6-10,16,20H,3,5,11-15,17-19H2,1-2H3,(H,26,27);1H. The van der Waals surface area contributed by atoms with E-state index in [4.69, 9.17) is 4.42 Å². The van der Waals surface area contributed by atoms with Gasteiger partial charge in [-0.3, -0.25) is 14.7 Å². The average Bonchev–Trinajstić information content (AvgIpc) is 3.36. The Labute approximate surface area is 214 Å². The number of carbonyl (C=O) groups is 1. The van der Waals surface area contributed by atoms with Gasteiger partial charge in [0.1, 0.15) is 0 Å². The maximum atomic E-state index is 12.5. The number of rotatable bonds is 5. The van der Waals surface area contributed by atoms with E-state index in [1.807, 2.05) is 11.9 Å². The predicted octanol–water partition coefficient (Wildman–Crippen LogP) is 3.66. The van der Waals surface area contributed by atoms with E-state index in [1.165, 1.54) is 43.3 Å². The minimum absolute atomic E-state index is 0. The third-order valence-corrected chi connectivity index (χ3v) is 6.43. The van der Waals surface area contributed by atoms with E-state index in [-0.39, 0.29) is 29.9 Å². The smallest absolute Gasteiger partial charge is 0.289 e. The Morgan fingerprint density at radius 2 is 1.76 bits per heavy atom. The SMILES string of the molecule is CN=C(NCc1ccc(CN2CCCC(C)C2)cc1)N1CCN(C(=O)c2ccco2)CC1.I. The van der Waals surface area contributed by atoms with Crippen LogP contribution in [0.15, 0.2) is 52.1 Å². The highest BCUT2D eigenvalue weighted by Crippen LogP contribution is 2.18. The van der Waals surface area contributed by atoms with E-state index in [0.29, 0.717) is 18.8 Å². The first-order valence-electron chi connectivity index (χ1n) is 11.7. The predicted molar refractivity (Wildman–Crippen MR) is 142 cm³/mol. The van der Waals surface area contributed by atoms with Crippen LogP contribution in [0.2, 0.25) is 0 Å². The number of amides is 1. The van der Waals surface area contributed by atoms with Gasteiger partial charge in [-0.25, -0.2) is 0 Å². The van der Waals surface area contributed by atoms with Crippen molar-refractivity contribution in [3.63, 3.8) is 0 Å². The van der Waals surface area contributed by atoms with Crippen molar-refractivity contribution in [2.45, 2.75) is 32.9 Å². The quantitative estimate of drug-likeness (QED) is 0.341. The van der Waals surface area contributed by atoms with Gasteiger partial charge in [-0.05, 0) is 48.6 Å². The molecule has 0 saturated carbocycles. The van der Waals surface area contributed by atoms with E-state index in [0.717, 1.165) is 38.1 Å². The molecule has 0 aliphatic carbocycles. The van der Waals surface area contributed by atoms with E-state index in [9.17, 15) is 4.79 Å². The molecule has 1 atom stereocenters. The third-order valence-electron chi connectivity index (χ3n) is 6.43. The Hall–Kier alpha value is -2.07. The number of piperidine rings is 1. The number of carbonyl (C=O) groups excluding carboxylic acids is 1. The number of nitrogens with zero attached hydrogens (tertiary/aromatic N) is 4. The largest absolute Gasteiger partial charge is 0.459 e. The number of hydrogen-bond donors (Lipinski definition) is 1. The number of nitrogens with one attached hydrogen (secondary N) is 1. The topological polar surface area (TPSA) is 64.3 Å². The zero-order chi connectivity index (χ0) is 22.3. The molecular weight excluding hydrogens is 529 g/mol. The van der Waals surface area contributed by atoms with Gasteiger partial charge in [0, 0.05) is 52.9 Å². The Kier molecular flexibility index (Phi) is 9.61. The first-order chi connectivity index (χ1) is 15.6. The molecule has 8 heteroatoms. The molecule has 180 valence electrons. The summed E-state index contributed by atoms with van der Waals surface area (Å²) in [5.41, 5.74) is 2.62. The zero-order valence-electron chi connectivity index (χ0n) is 19.7. The first-order valence-corrected chi connectivity index (χ1v) is 11.7. The molecule has 3 heterocycles. The second kappa shape index (κ2) is 12.4. The summed E-state index contributed by atoms with van der Waals surface area (Å²) in [6, 6.07) is 12.4. The van der Waals surface area contributed by atoms with Crippen LogP contribution in [-0.4, -0.2) is 72.9 Å². The Morgan fingerprint density at radius 3 is 2.39 bits per heavy atom. The fourth-order valence-electron chi connectivity index (χ4n) is 4.64. The van der Waals surface area contributed by atoms with E-state index in [2.05, 4.69) is 51.3 Å². The van der Waals surface area contributed by atoms with Crippen molar-refractivity contribution < 1.29 is 9.21 Å². The number of piperazine rings is 1. The molecule has 2 aliphatic rings. The molecule has 1 aromatic heterocycles. The molecule has 0 radical (unpaired) electrons. The number of benzene rings is 1. The van der Waals surface area contributed by atoms with Crippen LogP contribution in [0.5, 0.6) is 0 Å². The van der Waals surface area contributed by atoms with Gasteiger partial charge in [0.15, 0.2) is 11.7 Å². The lowest BCUT2D eigenvalue weighted by atomic mass is 9.99. The summed E-state index contributed by atoms with van der Waals surface area (Å²) in [4.78, 5) is 23.5. The normalized spacial score (nSPS) is 19.8. The van der Waals surface area contributed by atoms with Gasteiger partial charge < -0.3 is 19.5 Å². The summed E-state index contributed by atoms with van der Waals surface area (Å²) in [6.45, 7) is 9.36. The van der Waals surface area contributed by atoms with Crippen molar-refractivity contribution in [2.75, 3.05) is 46.3 Å². The summed E-state index contributed by atoms with van der Waals surface area (Å²) in [5, 5.41) is 3.48. The van der Waals surface area contributed by atoms with Crippen molar-refractivity contribution in [2.24, 2.45) is 10.9 Å². The van der Waals surface area contributed by atoms with Crippen molar-refractivity contribution >= 4 is 35.8 Å². The molecule has 1 N–H and O–H groups in total. The van der Waals surface area contributed by atoms with Gasteiger partial charge in [-0.15, -0.1) is 24.0 Å². The minimum Gasteiger partial charge on any atom is -0.459 e. The molecule has 0 spiro atoms. The van der Waals surface area contributed by atoms with Crippen LogP contribution < -0.4 is 5.32 Å². The van der Waals surface area contributed by atoms with Crippen LogP contribution in [-0.2, 0) is 13.1 Å². The molecule has 0 bridgehead atoms. The fourth-order valence-corrected chi connectivity index (χ4v) is 4.64. The van der Waals surface area contributed by atoms with Gasteiger partial charge >= 0.3 is 0 Å². The summed E-state index contributed by atoms with van der Waals surface area (Å²) < 4.78 is 5.24. The third kappa shape index (κ3) is 6.96. The van der Waals surface area contributed by atoms with Gasteiger partial charge in [0.05, 0.1) is 6.26 Å². The van der Waals surface area contributed by atoms with Crippen LogP contribution in [0, 0.1) is 5.92 Å². The molecule has 1 aromatic carbocycles. The van der Waals surface area contributed by atoms with Crippen LogP contribution in [0.1, 0.15) is 41.4 Å². The highest BCUT2D eigenvalue weighted by molar-refractivity contribution is 14.0. The Balaban J connectivity index is 0.00000306. The highest BCUT2D eigenvalue weighted by atomic mass is 127. The lowest BCUT2D eigenvalue weighted by Crippen LogP contribution is -2.53. The number of guanidine groups is 1. The lowest BCUT2D eigenvalue weighted by Gasteiger charge is -2.36. The number of hydrogen-bond acceptors (Lipinski definition) is 4. The number of halogens is 1. The summed E-state index contributed by atoms with van der Waals surface area (Å²) >= 11 is 0. The number of furan rings is 1. The van der Waals surface area contributed by atoms with Gasteiger partial charge in [-0.2, -0.15) is 0 Å². The maximum Gasteiger partial charge on any atom is 0.289 e. The first kappa shape index (κ1) is 25.6. The number of aliphatic imine (C=N–C) groups is 1. The van der Waals surface area contributed by atoms with Crippen molar-refractivity contribution in [1.82, 2.24) is 20.0 Å². The van der Waals surface area contributed by atoms with Crippen LogP contribution in [0.4, 0.5) is 0 Å². The molecule has 2 aliphatic heterocycles. The summed E-state index contributed by atoms with van der Waals surface area (Å²) in [6.07, 6.45) is 4.21. The van der Waals surface area contributed by atoms with Crippen molar-refractivity contribution in [3.8, 4) is 0 Å². The van der Waals surface area contributed by atoms with Crippen LogP contribution in [0.25, 0.3) is 0 Å². The van der Waals surface area contributed by atoms with Gasteiger partial charge in [0.2, 0.25) is 0 Å². The molecule has 2 aromatic rings. The van der Waals surface area contributed by atoms with Gasteiger partial charge in [-0.1, -0.05) is 31.2 Å². The van der Waals surface area contributed by atoms with Gasteiger partial charge in [0.25, 0.3) is 5.91 Å². The van der Waals surface area contributed by atoms with Crippen LogP contribution >= 0.6 is 24.0 Å². The lowest BCUT2D eigenvalue weighted by molar-refractivity contribution is 0.0657. The maximum absolute atomic E-state index is 12.5. The molecular formula is C25H36IN5O2. The van der Waals surface area contributed by atoms with E-state index < -0.39 is 0 Å². The summed E-state index contributed by atoms with van der Waals surface area (Å²) in [7, 11) is 1.81.